The summed E-state index contributed by atoms with van der Waals surface area (Å²) in [6, 6.07) is 13.2. The monoisotopic (exact) mass is 404 g/mol. The van der Waals surface area contributed by atoms with Crippen molar-refractivity contribution in [2.45, 2.75) is 6.54 Å². The van der Waals surface area contributed by atoms with Gasteiger partial charge in [0.1, 0.15) is 23.2 Å². The van der Waals surface area contributed by atoms with Crippen molar-refractivity contribution in [1.29, 1.82) is 0 Å². The Morgan fingerprint density at radius 2 is 1.71 bits per heavy atom. The number of furan rings is 1. The molecule has 0 saturated carbocycles. The second kappa shape index (κ2) is 8.67. The Morgan fingerprint density at radius 3 is 2.43 bits per heavy atom. The van der Waals surface area contributed by atoms with Gasteiger partial charge in [-0.25, -0.2) is 8.78 Å². The van der Waals surface area contributed by atoms with Crippen molar-refractivity contribution in [2.24, 2.45) is 0 Å². The van der Waals surface area contributed by atoms with E-state index >= 15 is 0 Å². The summed E-state index contributed by atoms with van der Waals surface area (Å²) in [5, 5.41) is 5.47. The smallest absolute Gasteiger partial charge is 0.254 e. The number of rotatable bonds is 6. The zero-order chi connectivity index (χ0) is 20.1. The molecule has 2 amide bonds. The third-order valence-corrected chi connectivity index (χ3v) is 4.09. The van der Waals surface area contributed by atoms with Gasteiger partial charge in [-0.2, -0.15) is 0 Å². The molecule has 2 aromatic carbocycles. The lowest BCUT2D eigenvalue weighted by Crippen LogP contribution is -2.36. The van der Waals surface area contributed by atoms with E-state index in [1.54, 1.807) is 24.3 Å². The van der Waals surface area contributed by atoms with E-state index in [2.05, 4.69) is 10.6 Å². The highest BCUT2D eigenvalue weighted by Gasteiger charge is 2.14. The Morgan fingerprint density at radius 1 is 0.964 bits per heavy atom. The van der Waals surface area contributed by atoms with Crippen LogP contribution in [-0.2, 0) is 11.3 Å². The second-order valence-electron chi connectivity index (χ2n) is 5.86. The normalized spacial score (nSPS) is 10.5. The van der Waals surface area contributed by atoms with Gasteiger partial charge in [0, 0.05) is 16.7 Å². The second-order valence-corrected chi connectivity index (χ2v) is 6.29. The predicted molar refractivity (Wildman–Crippen MR) is 99.7 cm³/mol. The van der Waals surface area contributed by atoms with E-state index in [-0.39, 0.29) is 18.7 Å². The molecule has 2 N–H and O–H groups in total. The molecule has 0 atom stereocenters. The van der Waals surface area contributed by atoms with Crippen LogP contribution in [0.3, 0.4) is 0 Å². The third kappa shape index (κ3) is 4.95. The van der Waals surface area contributed by atoms with Crippen LogP contribution in [0, 0.1) is 11.6 Å². The van der Waals surface area contributed by atoms with E-state index in [9.17, 15) is 18.4 Å². The van der Waals surface area contributed by atoms with E-state index in [1.165, 1.54) is 0 Å². The fraction of sp³-hybridized carbons (Fsp3) is 0.100. The van der Waals surface area contributed by atoms with Crippen molar-refractivity contribution < 1.29 is 22.8 Å². The Labute approximate surface area is 164 Å². The average Bonchev–Trinajstić information content (AvgIpc) is 3.14. The highest BCUT2D eigenvalue weighted by molar-refractivity contribution is 6.30. The van der Waals surface area contributed by atoms with Crippen LogP contribution < -0.4 is 10.6 Å². The van der Waals surface area contributed by atoms with Gasteiger partial charge >= 0.3 is 0 Å². The number of carbonyl (C=O) groups excluding carboxylic acids is 2. The van der Waals surface area contributed by atoms with Crippen LogP contribution in [-0.4, -0.2) is 18.4 Å². The fourth-order valence-electron chi connectivity index (χ4n) is 2.42. The van der Waals surface area contributed by atoms with Crippen LogP contribution in [0.15, 0.2) is 59.0 Å². The standard InChI is InChI=1S/C20H15ClF2N2O3/c21-13-3-1-12(2-4-13)18-8-6-15(28-18)10-24-19(26)11-25-20(27)16-7-5-14(22)9-17(16)23/h1-9H,10-11H2,(H,24,26)(H,25,27). The van der Waals surface area contributed by atoms with Gasteiger partial charge in [-0.15, -0.1) is 0 Å². The first-order chi connectivity index (χ1) is 13.4. The SMILES string of the molecule is O=C(CNC(=O)c1ccc(F)cc1F)NCc1ccc(-c2ccc(Cl)cc2)o1. The zero-order valence-corrected chi connectivity index (χ0v) is 15.2. The van der Waals surface area contributed by atoms with Crippen molar-refractivity contribution in [2.75, 3.05) is 6.54 Å². The summed E-state index contributed by atoms with van der Waals surface area (Å²) in [7, 11) is 0. The van der Waals surface area contributed by atoms with Gasteiger partial charge < -0.3 is 15.1 Å². The summed E-state index contributed by atoms with van der Waals surface area (Å²) < 4.78 is 32.1. The molecule has 1 aromatic heterocycles. The summed E-state index contributed by atoms with van der Waals surface area (Å²) >= 11 is 5.85. The molecular weight excluding hydrogens is 390 g/mol. The first kappa shape index (κ1) is 19.6. The van der Waals surface area contributed by atoms with Crippen LogP contribution in [0.5, 0.6) is 0 Å². The van der Waals surface area contributed by atoms with Crippen LogP contribution in [0.25, 0.3) is 11.3 Å². The quantitative estimate of drug-likeness (QED) is 0.654. The molecule has 0 aliphatic heterocycles. The molecule has 0 radical (unpaired) electrons. The lowest BCUT2D eigenvalue weighted by molar-refractivity contribution is -0.120. The van der Waals surface area contributed by atoms with Crippen LogP contribution >= 0.6 is 11.6 Å². The van der Waals surface area contributed by atoms with Crippen LogP contribution in [0.4, 0.5) is 8.78 Å². The van der Waals surface area contributed by atoms with Crippen molar-refractivity contribution in [1.82, 2.24) is 10.6 Å². The van der Waals surface area contributed by atoms with Gasteiger partial charge in [-0.3, -0.25) is 9.59 Å². The minimum atomic E-state index is -0.997. The van der Waals surface area contributed by atoms with Crippen molar-refractivity contribution in [3.8, 4) is 11.3 Å². The zero-order valence-electron chi connectivity index (χ0n) is 14.5. The van der Waals surface area contributed by atoms with Crippen molar-refractivity contribution >= 4 is 23.4 Å². The maximum atomic E-state index is 13.5. The number of benzene rings is 2. The van der Waals surface area contributed by atoms with Gasteiger partial charge in [-0.1, -0.05) is 11.6 Å². The largest absolute Gasteiger partial charge is 0.459 e. The van der Waals surface area contributed by atoms with Crippen molar-refractivity contribution in [3.63, 3.8) is 0 Å². The van der Waals surface area contributed by atoms with Crippen LogP contribution in [0.1, 0.15) is 16.1 Å². The van der Waals surface area contributed by atoms with E-state index in [1.807, 2.05) is 12.1 Å². The summed E-state index contributed by atoms with van der Waals surface area (Å²) in [5.74, 6) is -1.93. The Bertz CT molecular complexity index is 1000. The lowest BCUT2D eigenvalue weighted by Gasteiger charge is -2.07. The summed E-state index contributed by atoms with van der Waals surface area (Å²) in [4.78, 5) is 23.7. The maximum Gasteiger partial charge on any atom is 0.254 e. The first-order valence-electron chi connectivity index (χ1n) is 8.27. The molecule has 0 fully saturated rings. The Kier molecular flexibility index (Phi) is 6.06. The third-order valence-electron chi connectivity index (χ3n) is 3.84. The Balaban J connectivity index is 1.49. The summed E-state index contributed by atoms with van der Waals surface area (Å²) in [6.07, 6.45) is 0. The summed E-state index contributed by atoms with van der Waals surface area (Å²) in [6.45, 7) is -0.242. The molecule has 8 heteroatoms. The predicted octanol–water partition coefficient (Wildman–Crippen LogP) is 3.92. The summed E-state index contributed by atoms with van der Waals surface area (Å²) in [5.41, 5.74) is 0.503. The highest BCUT2D eigenvalue weighted by Crippen LogP contribution is 2.23. The number of carbonyl (C=O) groups is 2. The molecule has 0 bridgehead atoms. The van der Waals surface area contributed by atoms with Gasteiger partial charge in [0.25, 0.3) is 5.91 Å². The Hall–Kier alpha value is -3.19. The highest BCUT2D eigenvalue weighted by atomic mass is 35.5. The number of hydrogen-bond acceptors (Lipinski definition) is 3. The maximum absolute atomic E-state index is 13.5. The number of halogens is 3. The van der Waals surface area contributed by atoms with E-state index < -0.39 is 23.4 Å². The molecule has 0 unspecified atom stereocenters. The minimum absolute atomic E-state index is 0.118. The molecule has 1 heterocycles. The molecule has 0 aliphatic rings. The fourth-order valence-corrected chi connectivity index (χ4v) is 2.55. The molecular formula is C20H15ClF2N2O3. The topological polar surface area (TPSA) is 71.3 Å². The molecule has 28 heavy (non-hydrogen) atoms. The van der Waals surface area contributed by atoms with E-state index in [0.717, 1.165) is 17.7 Å². The van der Waals surface area contributed by atoms with Gasteiger partial charge in [0.05, 0.1) is 18.7 Å². The first-order valence-corrected chi connectivity index (χ1v) is 8.65. The van der Waals surface area contributed by atoms with Crippen molar-refractivity contribution in [3.05, 3.63) is 82.6 Å². The number of hydrogen-bond donors (Lipinski definition) is 2. The average molecular weight is 405 g/mol. The minimum Gasteiger partial charge on any atom is -0.459 e. The lowest BCUT2D eigenvalue weighted by atomic mass is 10.2. The van der Waals surface area contributed by atoms with Gasteiger partial charge in [-0.05, 0) is 48.5 Å². The van der Waals surface area contributed by atoms with Gasteiger partial charge in [0.2, 0.25) is 5.91 Å². The molecule has 5 nitrogen and oxygen atoms in total. The number of amides is 2. The molecule has 0 saturated heterocycles. The molecule has 144 valence electrons. The van der Waals surface area contributed by atoms with E-state index in [4.69, 9.17) is 16.0 Å². The molecule has 3 rings (SSSR count). The molecule has 0 aliphatic carbocycles. The molecule has 3 aromatic rings. The van der Waals surface area contributed by atoms with E-state index in [0.29, 0.717) is 22.6 Å². The molecule has 0 spiro atoms. The van der Waals surface area contributed by atoms with Crippen LogP contribution in [0.2, 0.25) is 5.02 Å². The number of nitrogens with one attached hydrogen (secondary N) is 2. The van der Waals surface area contributed by atoms with Gasteiger partial charge in [0.15, 0.2) is 0 Å².